The molecule has 2 rings (SSSR count). The molecule has 0 aliphatic carbocycles. The number of nitrogens with two attached hydrogens (primary N) is 1. The van der Waals surface area contributed by atoms with Crippen LogP contribution in [-0.4, -0.2) is 24.2 Å². The summed E-state index contributed by atoms with van der Waals surface area (Å²) in [5.41, 5.74) is 7.88. The Labute approximate surface area is 133 Å². The maximum absolute atomic E-state index is 11.6. The number of carbonyl (C=O) groups excluding carboxylic acids is 1. The van der Waals surface area contributed by atoms with Crippen molar-refractivity contribution >= 4 is 23.0 Å². The lowest BCUT2D eigenvalue weighted by molar-refractivity contribution is 0.0520. The van der Waals surface area contributed by atoms with Crippen molar-refractivity contribution in [1.29, 1.82) is 0 Å². The van der Waals surface area contributed by atoms with Crippen LogP contribution in [0.4, 0.5) is 5.69 Å². The average molecular weight is 318 g/mol. The second-order valence-electron chi connectivity index (χ2n) is 4.50. The summed E-state index contributed by atoms with van der Waals surface area (Å²) in [6.45, 7) is 6.12. The SMILES string of the molecule is C=CCOc1ccc(Cc2nc(C(=O)OCC)cs2)cc1N. The molecule has 1 aromatic heterocycles. The second-order valence-corrected chi connectivity index (χ2v) is 5.44. The van der Waals surface area contributed by atoms with Gasteiger partial charge < -0.3 is 15.2 Å². The van der Waals surface area contributed by atoms with Crippen LogP contribution in [0.5, 0.6) is 5.75 Å². The number of nitrogen functional groups attached to an aromatic ring is 1. The Kier molecular flexibility index (Phi) is 5.55. The highest BCUT2D eigenvalue weighted by atomic mass is 32.1. The number of esters is 1. The van der Waals surface area contributed by atoms with Gasteiger partial charge in [-0.3, -0.25) is 0 Å². The minimum absolute atomic E-state index is 0.342. The second kappa shape index (κ2) is 7.61. The molecule has 0 amide bonds. The van der Waals surface area contributed by atoms with E-state index in [0.29, 0.717) is 36.8 Å². The Morgan fingerprint density at radius 1 is 1.50 bits per heavy atom. The fourth-order valence-corrected chi connectivity index (χ4v) is 2.65. The number of nitrogens with zero attached hydrogens (tertiary/aromatic N) is 1. The number of hydrogen-bond acceptors (Lipinski definition) is 6. The molecule has 22 heavy (non-hydrogen) atoms. The van der Waals surface area contributed by atoms with E-state index in [0.717, 1.165) is 10.6 Å². The van der Waals surface area contributed by atoms with Gasteiger partial charge in [-0.15, -0.1) is 11.3 Å². The van der Waals surface area contributed by atoms with Crippen LogP contribution in [0, 0.1) is 0 Å². The molecule has 0 unspecified atom stereocenters. The molecule has 0 atom stereocenters. The predicted molar refractivity (Wildman–Crippen MR) is 87.4 cm³/mol. The van der Waals surface area contributed by atoms with Crippen molar-refractivity contribution in [2.24, 2.45) is 0 Å². The number of benzene rings is 1. The highest BCUT2D eigenvalue weighted by molar-refractivity contribution is 7.09. The maximum atomic E-state index is 11.6. The maximum Gasteiger partial charge on any atom is 0.357 e. The van der Waals surface area contributed by atoms with E-state index in [-0.39, 0.29) is 0 Å². The molecule has 2 aromatic rings. The standard InChI is InChI=1S/C16H18N2O3S/c1-3-7-21-14-6-5-11(8-12(14)17)9-15-18-13(10-22-15)16(19)20-4-2/h3,5-6,8,10H,1,4,7,9,17H2,2H3. The van der Waals surface area contributed by atoms with Crippen molar-refractivity contribution < 1.29 is 14.3 Å². The number of carbonyl (C=O) groups is 1. The molecule has 6 heteroatoms. The van der Waals surface area contributed by atoms with E-state index in [1.165, 1.54) is 11.3 Å². The molecule has 0 bridgehead atoms. The lowest BCUT2D eigenvalue weighted by Crippen LogP contribution is -2.05. The van der Waals surface area contributed by atoms with Gasteiger partial charge in [-0.25, -0.2) is 9.78 Å². The fourth-order valence-electron chi connectivity index (χ4n) is 1.85. The summed E-state index contributed by atoms with van der Waals surface area (Å²) in [6, 6.07) is 5.61. The molecule has 0 aliphatic rings. The summed E-state index contributed by atoms with van der Waals surface area (Å²) < 4.78 is 10.4. The number of thiazole rings is 1. The third-order valence-electron chi connectivity index (χ3n) is 2.82. The molecule has 0 saturated carbocycles. The molecular formula is C16H18N2O3S. The van der Waals surface area contributed by atoms with Gasteiger partial charge in [0.2, 0.25) is 0 Å². The topological polar surface area (TPSA) is 74.4 Å². The van der Waals surface area contributed by atoms with Gasteiger partial charge >= 0.3 is 5.97 Å². The van der Waals surface area contributed by atoms with Crippen molar-refractivity contribution in [3.8, 4) is 5.75 Å². The molecular weight excluding hydrogens is 300 g/mol. The van der Waals surface area contributed by atoms with Crippen LogP contribution in [0.3, 0.4) is 0 Å². The van der Waals surface area contributed by atoms with E-state index in [1.54, 1.807) is 18.4 Å². The third-order valence-corrected chi connectivity index (χ3v) is 3.67. The van der Waals surface area contributed by atoms with Crippen LogP contribution in [-0.2, 0) is 11.2 Å². The first kappa shape index (κ1) is 16.0. The average Bonchev–Trinajstić information content (AvgIpc) is 2.95. The molecule has 0 spiro atoms. The van der Waals surface area contributed by atoms with Crippen LogP contribution in [0.25, 0.3) is 0 Å². The zero-order chi connectivity index (χ0) is 15.9. The molecule has 0 aliphatic heterocycles. The number of anilines is 1. The van der Waals surface area contributed by atoms with Gasteiger partial charge in [0, 0.05) is 11.8 Å². The minimum Gasteiger partial charge on any atom is -0.487 e. The first-order valence-electron chi connectivity index (χ1n) is 6.87. The Hall–Kier alpha value is -2.34. The number of rotatable bonds is 7. The van der Waals surface area contributed by atoms with Crippen LogP contribution < -0.4 is 10.5 Å². The Morgan fingerprint density at radius 2 is 2.32 bits per heavy atom. The lowest BCUT2D eigenvalue weighted by Gasteiger charge is -2.08. The summed E-state index contributed by atoms with van der Waals surface area (Å²) >= 11 is 1.43. The van der Waals surface area contributed by atoms with Crippen molar-refractivity contribution in [3.05, 3.63) is 52.5 Å². The van der Waals surface area contributed by atoms with Crippen molar-refractivity contribution in [2.75, 3.05) is 18.9 Å². The third kappa shape index (κ3) is 4.08. The normalized spacial score (nSPS) is 10.2. The summed E-state index contributed by atoms with van der Waals surface area (Å²) in [5.74, 6) is 0.243. The Bertz CT molecular complexity index is 667. The predicted octanol–water partition coefficient (Wildman–Crippen LogP) is 3.06. The van der Waals surface area contributed by atoms with Crippen molar-refractivity contribution in [2.45, 2.75) is 13.3 Å². The monoisotopic (exact) mass is 318 g/mol. The molecule has 0 radical (unpaired) electrons. The van der Waals surface area contributed by atoms with Crippen LogP contribution in [0.15, 0.2) is 36.2 Å². The van der Waals surface area contributed by atoms with Gasteiger partial charge in [0.1, 0.15) is 12.4 Å². The zero-order valence-corrected chi connectivity index (χ0v) is 13.2. The highest BCUT2D eigenvalue weighted by Gasteiger charge is 2.12. The van der Waals surface area contributed by atoms with E-state index < -0.39 is 5.97 Å². The van der Waals surface area contributed by atoms with E-state index in [1.807, 2.05) is 18.2 Å². The largest absolute Gasteiger partial charge is 0.487 e. The van der Waals surface area contributed by atoms with E-state index in [2.05, 4.69) is 11.6 Å². The number of hydrogen-bond donors (Lipinski definition) is 1. The van der Waals surface area contributed by atoms with Crippen molar-refractivity contribution in [3.63, 3.8) is 0 Å². The van der Waals surface area contributed by atoms with Crippen LogP contribution in [0.1, 0.15) is 28.0 Å². The molecule has 5 nitrogen and oxygen atoms in total. The first-order valence-corrected chi connectivity index (χ1v) is 7.75. The number of ether oxygens (including phenoxy) is 2. The van der Waals surface area contributed by atoms with Crippen LogP contribution >= 0.6 is 11.3 Å². The van der Waals surface area contributed by atoms with E-state index in [4.69, 9.17) is 15.2 Å². The zero-order valence-electron chi connectivity index (χ0n) is 12.4. The van der Waals surface area contributed by atoms with E-state index >= 15 is 0 Å². The highest BCUT2D eigenvalue weighted by Crippen LogP contribution is 2.24. The first-order chi connectivity index (χ1) is 10.6. The summed E-state index contributed by atoms with van der Waals surface area (Å²) in [4.78, 5) is 15.9. The summed E-state index contributed by atoms with van der Waals surface area (Å²) in [5, 5.41) is 2.54. The van der Waals surface area contributed by atoms with E-state index in [9.17, 15) is 4.79 Å². The minimum atomic E-state index is -0.391. The molecule has 116 valence electrons. The Morgan fingerprint density at radius 3 is 3.00 bits per heavy atom. The lowest BCUT2D eigenvalue weighted by atomic mass is 10.1. The van der Waals surface area contributed by atoms with Gasteiger partial charge in [0.05, 0.1) is 17.3 Å². The summed E-state index contributed by atoms with van der Waals surface area (Å²) in [6.07, 6.45) is 2.27. The van der Waals surface area contributed by atoms with Gasteiger partial charge in [0.15, 0.2) is 5.69 Å². The Balaban J connectivity index is 2.06. The fraction of sp³-hybridized carbons (Fsp3) is 0.250. The smallest absolute Gasteiger partial charge is 0.357 e. The molecule has 2 N–H and O–H groups in total. The van der Waals surface area contributed by atoms with Gasteiger partial charge in [-0.05, 0) is 24.6 Å². The molecule has 1 heterocycles. The van der Waals surface area contributed by atoms with Crippen molar-refractivity contribution in [1.82, 2.24) is 4.98 Å². The summed E-state index contributed by atoms with van der Waals surface area (Å²) in [7, 11) is 0. The van der Waals surface area contributed by atoms with Gasteiger partial charge in [0.25, 0.3) is 0 Å². The molecule has 1 aromatic carbocycles. The van der Waals surface area contributed by atoms with Gasteiger partial charge in [-0.2, -0.15) is 0 Å². The molecule has 0 saturated heterocycles. The quantitative estimate of drug-likeness (QED) is 0.482. The van der Waals surface area contributed by atoms with Gasteiger partial charge in [-0.1, -0.05) is 18.7 Å². The molecule has 0 fully saturated rings. The van der Waals surface area contributed by atoms with Crippen LogP contribution in [0.2, 0.25) is 0 Å². The number of aromatic nitrogens is 1.